The molecular formula is C17H10Cl2F2N2O2. The van der Waals surface area contributed by atoms with E-state index >= 15 is 0 Å². The molecule has 0 atom stereocenters. The first-order chi connectivity index (χ1) is 11.8. The number of H-pyrrole nitrogens is 1. The van der Waals surface area contributed by atoms with Crippen LogP contribution in [0.3, 0.4) is 0 Å². The van der Waals surface area contributed by atoms with Crippen molar-refractivity contribution in [3.8, 4) is 0 Å². The molecule has 0 aliphatic rings. The molecule has 8 heteroatoms. The van der Waals surface area contributed by atoms with Crippen LogP contribution in [0, 0.1) is 11.6 Å². The van der Waals surface area contributed by atoms with Gasteiger partial charge in [-0.2, -0.15) is 0 Å². The minimum absolute atomic E-state index is 0.0559. The molecule has 0 aliphatic heterocycles. The smallest absolute Gasteiger partial charge is 0.203 e. The van der Waals surface area contributed by atoms with Crippen LogP contribution in [0.1, 0.15) is 17.3 Å². The zero-order valence-corrected chi connectivity index (χ0v) is 14.2. The van der Waals surface area contributed by atoms with Gasteiger partial charge in [0.1, 0.15) is 23.0 Å². The molecule has 2 aromatic carbocycles. The molecule has 0 saturated heterocycles. The van der Waals surface area contributed by atoms with Gasteiger partial charge in [-0.05, 0) is 31.2 Å². The van der Waals surface area contributed by atoms with Crippen LogP contribution in [0.5, 0.6) is 0 Å². The van der Waals surface area contributed by atoms with Crippen molar-refractivity contribution in [2.24, 2.45) is 0 Å². The zero-order valence-electron chi connectivity index (χ0n) is 12.7. The molecule has 1 aromatic heterocycles. The van der Waals surface area contributed by atoms with Gasteiger partial charge >= 0.3 is 0 Å². The molecule has 0 amide bonds. The summed E-state index contributed by atoms with van der Waals surface area (Å²) in [6.07, 6.45) is 0. The Hall–Kier alpha value is -2.44. The standard InChI is InChI=1S/C17H10Cl2F2N2O2/c1-7(24)13-16(25)14-9(18)3-4-10(19)15(14)23-17(13)22-12-5-2-8(20)6-11(12)21/h2-6H,1H3,(H2,22,23,25). The predicted octanol–water partition coefficient (Wildman–Crippen LogP) is 5.06. The number of hydrogen-bond acceptors (Lipinski definition) is 3. The first-order valence-electron chi connectivity index (χ1n) is 7.06. The van der Waals surface area contributed by atoms with Crippen molar-refractivity contribution in [2.75, 3.05) is 5.32 Å². The number of ketones is 1. The van der Waals surface area contributed by atoms with E-state index in [0.717, 1.165) is 12.1 Å². The zero-order chi connectivity index (χ0) is 18.3. The average molecular weight is 383 g/mol. The third kappa shape index (κ3) is 3.10. The summed E-state index contributed by atoms with van der Waals surface area (Å²) in [5.41, 5.74) is -0.787. The van der Waals surface area contributed by atoms with E-state index in [1.807, 2.05) is 0 Å². The second-order valence-corrected chi connectivity index (χ2v) is 6.10. The molecule has 2 N–H and O–H groups in total. The molecule has 0 aliphatic carbocycles. The Balaban J connectivity index is 2.30. The van der Waals surface area contributed by atoms with Crippen LogP contribution < -0.4 is 10.7 Å². The van der Waals surface area contributed by atoms with E-state index in [0.29, 0.717) is 6.07 Å². The van der Waals surface area contributed by atoms with Gasteiger partial charge in [0, 0.05) is 6.07 Å². The molecular weight excluding hydrogens is 373 g/mol. The molecule has 25 heavy (non-hydrogen) atoms. The monoisotopic (exact) mass is 382 g/mol. The number of nitrogens with one attached hydrogen (secondary N) is 2. The van der Waals surface area contributed by atoms with Gasteiger partial charge in [0.05, 0.1) is 26.6 Å². The molecule has 0 unspecified atom stereocenters. The highest BCUT2D eigenvalue weighted by Crippen LogP contribution is 2.30. The maximum absolute atomic E-state index is 13.9. The minimum atomic E-state index is -0.882. The van der Waals surface area contributed by atoms with Crippen molar-refractivity contribution < 1.29 is 13.6 Å². The van der Waals surface area contributed by atoms with E-state index in [1.54, 1.807) is 0 Å². The highest BCUT2D eigenvalue weighted by atomic mass is 35.5. The van der Waals surface area contributed by atoms with Gasteiger partial charge in [0.2, 0.25) is 5.43 Å². The number of carbonyl (C=O) groups is 1. The SMILES string of the molecule is CC(=O)c1c(Nc2ccc(F)cc2F)[nH]c2c(Cl)ccc(Cl)c2c1=O. The first kappa shape index (κ1) is 17.4. The minimum Gasteiger partial charge on any atom is -0.339 e. The number of carbonyl (C=O) groups excluding carboxylic acids is 1. The topological polar surface area (TPSA) is 62.0 Å². The van der Waals surface area contributed by atoms with Crippen molar-refractivity contribution in [3.63, 3.8) is 0 Å². The Morgan fingerprint density at radius 2 is 1.80 bits per heavy atom. The van der Waals surface area contributed by atoms with E-state index in [1.165, 1.54) is 19.1 Å². The van der Waals surface area contributed by atoms with E-state index < -0.39 is 22.8 Å². The number of halogens is 4. The van der Waals surface area contributed by atoms with Crippen LogP contribution in [0.25, 0.3) is 10.9 Å². The van der Waals surface area contributed by atoms with Gasteiger partial charge in [-0.15, -0.1) is 0 Å². The summed E-state index contributed by atoms with van der Waals surface area (Å²) in [5, 5.41) is 3.00. The number of fused-ring (bicyclic) bond motifs is 1. The fourth-order valence-electron chi connectivity index (χ4n) is 2.48. The summed E-state index contributed by atoms with van der Waals surface area (Å²) in [6, 6.07) is 5.80. The van der Waals surface area contributed by atoms with Gasteiger partial charge in [0.25, 0.3) is 0 Å². The Morgan fingerprint density at radius 1 is 1.12 bits per heavy atom. The Labute approximate surface area is 150 Å². The van der Waals surface area contributed by atoms with Crippen molar-refractivity contribution in [1.82, 2.24) is 4.98 Å². The maximum Gasteiger partial charge on any atom is 0.203 e. The van der Waals surface area contributed by atoms with E-state index in [-0.39, 0.29) is 38.0 Å². The number of benzene rings is 2. The summed E-state index contributed by atoms with van der Waals surface area (Å²) >= 11 is 12.1. The Morgan fingerprint density at radius 3 is 2.44 bits per heavy atom. The van der Waals surface area contributed by atoms with Crippen molar-refractivity contribution in [2.45, 2.75) is 6.92 Å². The molecule has 0 spiro atoms. The van der Waals surface area contributed by atoms with Crippen molar-refractivity contribution in [3.05, 3.63) is 67.8 Å². The quantitative estimate of drug-likeness (QED) is 0.622. The summed E-state index contributed by atoms with van der Waals surface area (Å²) in [4.78, 5) is 27.5. The van der Waals surface area contributed by atoms with Gasteiger partial charge in [-0.1, -0.05) is 23.2 Å². The lowest BCUT2D eigenvalue weighted by Crippen LogP contribution is -2.18. The van der Waals surface area contributed by atoms with Crippen LogP contribution in [0.2, 0.25) is 10.0 Å². The summed E-state index contributed by atoms with van der Waals surface area (Å²) in [7, 11) is 0. The number of Topliss-reactive ketones (excluding diaryl/α,β-unsaturated/α-hetero) is 1. The predicted molar refractivity (Wildman–Crippen MR) is 94.2 cm³/mol. The molecule has 4 nitrogen and oxygen atoms in total. The normalized spacial score (nSPS) is 10.9. The van der Waals surface area contributed by atoms with Crippen molar-refractivity contribution in [1.29, 1.82) is 0 Å². The average Bonchev–Trinajstić information content (AvgIpc) is 2.53. The first-order valence-corrected chi connectivity index (χ1v) is 7.82. The lowest BCUT2D eigenvalue weighted by molar-refractivity contribution is 0.101. The maximum atomic E-state index is 13.9. The number of aromatic nitrogens is 1. The highest BCUT2D eigenvalue weighted by molar-refractivity contribution is 6.40. The Bertz CT molecular complexity index is 1080. The van der Waals surface area contributed by atoms with Crippen molar-refractivity contribution >= 4 is 51.4 Å². The molecule has 0 fully saturated rings. The van der Waals surface area contributed by atoms with Crippen LogP contribution in [-0.2, 0) is 0 Å². The summed E-state index contributed by atoms with van der Waals surface area (Å²) in [5.74, 6) is -2.24. The lowest BCUT2D eigenvalue weighted by atomic mass is 10.1. The largest absolute Gasteiger partial charge is 0.339 e. The third-order valence-corrected chi connectivity index (χ3v) is 4.23. The fourth-order valence-corrected chi connectivity index (χ4v) is 2.93. The van der Waals surface area contributed by atoms with Gasteiger partial charge < -0.3 is 10.3 Å². The van der Waals surface area contributed by atoms with Crippen LogP contribution in [0.15, 0.2) is 35.1 Å². The van der Waals surface area contributed by atoms with E-state index in [9.17, 15) is 18.4 Å². The molecule has 1 heterocycles. The van der Waals surface area contributed by atoms with E-state index in [4.69, 9.17) is 23.2 Å². The molecule has 3 aromatic rings. The summed E-state index contributed by atoms with van der Waals surface area (Å²) in [6.45, 7) is 1.20. The van der Waals surface area contributed by atoms with Gasteiger partial charge in [0.15, 0.2) is 5.78 Å². The van der Waals surface area contributed by atoms with Crippen LogP contribution in [0.4, 0.5) is 20.3 Å². The molecule has 0 radical (unpaired) electrons. The molecule has 0 saturated carbocycles. The fraction of sp³-hybridized carbons (Fsp3) is 0.0588. The number of pyridine rings is 1. The number of hydrogen-bond donors (Lipinski definition) is 2. The van der Waals surface area contributed by atoms with E-state index in [2.05, 4.69) is 10.3 Å². The molecule has 3 rings (SSSR count). The van der Waals surface area contributed by atoms with Crippen LogP contribution in [-0.4, -0.2) is 10.8 Å². The van der Waals surface area contributed by atoms with Gasteiger partial charge in [-0.3, -0.25) is 9.59 Å². The highest BCUT2D eigenvalue weighted by Gasteiger charge is 2.20. The summed E-state index contributed by atoms with van der Waals surface area (Å²) < 4.78 is 27.0. The third-order valence-electron chi connectivity index (χ3n) is 3.60. The number of anilines is 2. The Kier molecular flexibility index (Phi) is 4.49. The lowest BCUT2D eigenvalue weighted by Gasteiger charge is -2.13. The second kappa shape index (κ2) is 6.46. The molecule has 128 valence electrons. The molecule has 0 bridgehead atoms. The number of rotatable bonds is 3. The van der Waals surface area contributed by atoms with Crippen LogP contribution >= 0.6 is 23.2 Å². The number of aromatic amines is 1. The van der Waals surface area contributed by atoms with Gasteiger partial charge in [-0.25, -0.2) is 8.78 Å². The second-order valence-electron chi connectivity index (χ2n) is 5.29.